The Bertz CT molecular complexity index is 434. The molecule has 1 aromatic rings. The molecule has 104 valence electrons. The number of hydrogen-bond donors (Lipinski definition) is 0. The fourth-order valence-corrected chi connectivity index (χ4v) is 2.76. The van der Waals surface area contributed by atoms with Gasteiger partial charge in [-0.15, -0.1) is 0 Å². The molecule has 1 aromatic carbocycles. The van der Waals surface area contributed by atoms with Crippen LogP contribution in [0.25, 0.3) is 0 Å². The van der Waals surface area contributed by atoms with Gasteiger partial charge in [0.25, 0.3) is 0 Å². The summed E-state index contributed by atoms with van der Waals surface area (Å²) in [6.45, 7) is 0. The van der Waals surface area contributed by atoms with Gasteiger partial charge in [-0.2, -0.15) is 0 Å². The van der Waals surface area contributed by atoms with E-state index in [2.05, 4.69) is 0 Å². The second-order valence-corrected chi connectivity index (χ2v) is 5.17. The van der Waals surface area contributed by atoms with E-state index in [0.717, 1.165) is 18.4 Å². The molecule has 1 aliphatic rings. The Morgan fingerprint density at radius 3 is 2.42 bits per heavy atom. The van der Waals surface area contributed by atoms with Crippen molar-refractivity contribution < 1.29 is 14.3 Å². The molecule has 1 fully saturated rings. The maximum Gasteiger partial charge on any atom is 0.161 e. The number of ketones is 1. The number of hydrogen-bond acceptors (Lipinski definition) is 3. The summed E-state index contributed by atoms with van der Waals surface area (Å²) in [6.07, 6.45) is 6.30. The summed E-state index contributed by atoms with van der Waals surface area (Å²) in [4.78, 5) is 12.2. The topological polar surface area (TPSA) is 35.5 Å². The SMILES string of the molecule is COc1ccc(CC(=O)C2CCCCC2)cc1OC. The van der Waals surface area contributed by atoms with Crippen molar-refractivity contribution in [3.8, 4) is 11.5 Å². The molecule has 0 aromatic heterocycles. The zero-order chi connectivity index (χ0) is 13.7. The van der Waals surface area contributed by atoms with Crippen molar-refractivity contribution in [2.24, 2.45) is 5.92 Å². The van der Waals surface area contributed by atoms with Gasteiger partial charge in [0, 0.05) is 12.3 Å². The molecule has 1 saturated carbocycles. The normalized spacial score (nSPS) is 16.1. The Kier molecular flexibility index (Phi) is 4.83. The molecule has 3 heteroatoms. The molecular weight excluding hydrogens is 240 g/mol. The van der Waals surface area contributed by atoms with Gasteiger partial charge in [-0.3, -0.25) is 4.79 Å². The highest BCUT2D eigenvalue weighted by molar-refractivity contribution is 5.83. The van der Waals surface area contributed by atoms with Crippen LogP contribution in [0.15, 0.2) is 18.2 Å². The highest BCUT2D eigenvalue weighted by atomic mass is 16.5. The van der Waals surface area contributed by atoms with Gasteiger partial charge in [-0.25, -0.2) is 0 Å². The van der Waals surface area contributed by atoms with Crippen molar-refractivity contribution in [2.75, 3.05) is 14.2 Å². The van der Waals surface area contributed by atoms with Gasteiger partial charge in [-0.1, -0.05) is 25.3 Å². The predicted molar refractivity (Wildman–Crippen MR) is 74.8 cm³/mol. The minimum Gasteiger partial charge on any atom is -0.493 e. The minimum atomic E-state index is 0.266. The summed E-state index contributed by atoms with van der Waals surface area (Å²) < 4.78 is 10.5. The summed E-state index contributed by atoms with van der Waals surface area (Å²) in [5, 5.41) is 0. The highest BCUT2D eigenvalue weighted by Crippen LogP contribution is 2.29. The molecule has 0 spiro atoms. The number of Topliss-reactive ketones (excluding diaryl/α,β-unsaturated/α-hetero) is 1. The molecule has 2 rings (SSSR count). The molecule has 0 heterocycles. The van der Waals surface area contributed by atoms with E-state index in [-0.39, 0.29) is 5.92 Å². The molecule has 1 aliphatic carbocycles. The summed E-state index contributed by atoms with van der Waals surface area (Å²) in [5.74, 6) is 2.03. The quantitative estimate of drug-likeness (QED) is 0.816. The third-order valence-electron chi connectivity index (χ3n) is 3.89. The predicted octanol–water partition coefficient (Wildman–Crippen LogP) is 3.40. The van der Waals surface area contributed by atoms with E-state index in [9.17, 15) is 4.79 Å². The first-order valence-corrected chi connectivity index (χ1v) is 6.98. The number of benzene rings is 1. The minimum absolute atomic E-state index is 0.266. The molecule has 0 aliphatic heterocycles. The number of carbonyl (C=O) groups is 1. The van der Waals surface area contributed by atoms with Crippen molar-refractivity contribution in [3.05, 3.63) is 23.8 Å². The summed E-state index contributed by atoms with van der Waals surface area (Å²) in [7, 11) is 3.23. The number of rotatable bonds is 5. The smallest absolute Gasteiger partial charge is 0.161 e. The van der Waals surface area contributed by atoms with E-state index in [1.807, 2.05) is 18.2 Å². The monoisotopic (exact) mass is 262 g/mol. The van der Waals surface area contributed by atoms with Crippen LogP contribution < -0.4 is 9.47 Å². The second-order valence-electron chi connectivity index (χ2n) is 5.17. The van der Waals surface area contributed by atoms with Crippen LogP contribution in [-0.4, -0.2) is 20.0 Å². The van der Waals surface area contributed by atoms with Gasteiger partial charge in [0.15, 0.2) is 11.5 Å². The molecule has 19 heavy (non-hydrogen) atoms. The van der Waals surface area contributed by atoms with Crippen molar-refractivity contribution >= 4 is 5.78 Å². The lowest BCUT2D eigenvalue weighted by atomic mass is 9.84. The van der Waals surface area contributed by atoms with Crippen LogP contribution in [0.2, 0.25) is 0 Å². The lowest BCUT2D eigenvalue weighted by Gasteiger charge is -2.20. The maximum atomic E-state index is 12.2. The molecular formula is C16H22O3. The fourth-order valence-electron chi connectivity index (χ4n) is 2.76. The van der Waals surface area contributed by atoms with Crippen LogP contribution in [0, 0.1) is 5.92 Å². The van der Waals surface area contributed by atoms with Crippen molar-refractivity contribution in [2.45, 2.75) is 38.5 Å². The van der Waals surface area contributed by atoms with E-state index in [0.29, 0.717) is 23.7 Å². The van der Waals surface area contributed by atoms with Crippen LogP contribution in [0.1, 0.15) is 37.7 Å². The number of methoxy groups -OCH3 is 2. The molecule has 0 saturated heterocycles. The molecule has 0 radical (unpaired) electrons. The Balaban J connectivity index is 2.03. The zero-order valence-corrected chi connectivity index (χ0v) is 11.8. The summed E-state index contributed by atoms with van der Waals surface area (Å²) >= 11 is 0. The lowest BCUT2D eigenvalue weighted by Crippen LogP contribution is -2.19. The first kappa shape index (κ1) is 13.9. The largest absolute Gasteiger partial charge is 0.493 e. The van der Waals surface area contributed by atoms with Crippen LogP contribution >= 0.6 is 0 Å². The second kappa shape index (κ2) is 6.60. The van der Waals surface area contributed by atoms with Gasteiger partial charge >= 0.3 is 0 Å². The van der Waals surface area contributed by atoms with Crippen molar-refractivity contribution in [1.82, 2.24) is 0 Å². The van der Waals surface area contributed by atoms with Crippen molar-refractivity contribution in [1.29, 1.82) is 0 Å². The summed E-state index contributed by atoms with van der Waals surface area (Å²) in [6, 6.07) is 5.71. The molecule has 3 nitrogen and oxygen atoms in total. The Morgan fingerprint density at radius 2 is 1.79 bits per heavy atom. The van der Waals surface area contributed by atoms with Crippen LogP contribution in [0.5, 0.6) is 11.5 Å². The van der Waals surface area contributed by atoms with Gasteiger partial charge in [0.05, 0.1) is 14.2 Å². The van der Waals surface area contributed by atoms with Gasteiger partial charge < -0.3 is 9.47 Å². The van der Waals surface area contributed by atoms with E-state index >= 15 is 0 Å². The van der Waals surface area contributed by atoms with Gasteiger partial charge in [0.1, 0.15) is 5.78 Å². The lowest BCUT2D eigenvalue weighted by molar-refractivity contribution is -0.123. The first-order chi connectivity index (χ1) is 9.24. The zero-order valence-electron chi connectivity index (χ0n) is 11.8. The van der Waals surface area contributed by atoms with E-state index in [1.165, 1.54) is 19.3 Å². The van der Waals surface area contributed by atoms with Crippen LogP contribution in [0.4, 0.5) is 0 Å². The highest BCUT2D eigenvalue weighted by Gasteiger charge is 2.21. The molecule has 0 bridgehead atoms. The fraction of sp³-hybridized carbons (Fsp3) is 0.562. The van der Waals surface area contributed by atoms with E-state index < -0.39 is 0 Å². The van der Waals surface area contributed by atoms with E-state index in [1.54, 1.807) is 14.2 Å². The number of ether oxygens (including phenoxy) is 2. The van der Waals surface area contributed by atoms with Crippen LogP contribution in [0.3, 0.4) is 0 Å². The van der Waals surface area contributed by atoms with Gasteiger partial charge in [0.2, 0.25) is 0 Å². The molecule has 0 N–H and O–H groups in total. The first-order valence-electron chi connectivity index (χ1n) is 6.98. The average molecular weight is 262 g/mol. The van der Waals surface area contributed by atoms with Crippen LogP contribution in [-0.2, 0) is 11.2 Å². The average Bonchev–Trinajstić information content (AvgIpc) is 2.48. The third-order valence-corrected chi connectivity index (χ3v) is 3.89. The Morgan fingerprint density at radius 1 is 1.11 bits per heavy atom. The Hall–Kier alpha value is -1.51. The van der Waals surface area contributed by atoms with Crippen molar-refractivity contribution in [3.63, 3.8) is 0 Å². The van der Waals surface area contributed by atoms with Gasteiger partial charge in [-0.05, 0) is 30.5 Å². The molecule has 0 amide bonds. The Labute approximate surface area is 114 Å². The number of carbonyl (C=O) groups excluding carboxylic acids is 1. The maximum absolute atomic E-state index is 12.2. The third kappa shape index (κ3) is 3.49. The van der Waals surface area contributed by atoms with E-state index in [4.69, 9.17) is 9.47 Å². The standard InChI is InChI=1S/C16H22O3/c1-18-15-9-8-12(11-16(15)19-2)10-14(17)13-6-4-3-5-7-13/h8-9,11,13H,3-7,10H2,1-2H3. The molecule has 0 unspecified atom stereocenters. The molecule has 0 atom stereocenters. The summed E-state index contributed by atoms with van der Waals surface area (Å²) in [5.41, 5.74) is 1.01.